The van der Waals surface area contributed by atoms with Crippen molar-refractivity contribution in [1.82, 2.24) is 24.1 Å². The summed E-state index contributed by atoms with van der Waals surface area (Å²) in [4.78, 5) is 15.1. The van der Waals surface area contributed by atoms with Gasteiger partial charge < -0.3 is 13.6 Å². The van der Waals surface area contributed by atoms with Gasteiger partial charge in [-0.25, -0.2) is 15.0 Å². The molecule has 4 heterocycles. The molecule has 0 fully saturated rings. The van der Waals surface area contributed by atoms with Crippen LogP contribution >= 0.6 is 0 Å². The van der Waals surface area contributed by atoms with Crippen LogP contribution in [0.3, 0.4) is 0 Å². The standard InChI is InChI=1S/C51H31N5O/c1-3-14-32(15-4-1)49-52-50(33-16-5-2-6-17-33)54-51(53-49)34-18-13-19-35(28-34)56-45-29-36(55-43-23-10-7-20-37(43)38-21-8-11-24-44(38)55)26-27-39(45)41-30-42-40-22-9-12-25-47(40)57-48(42)31-46(41)56/h1-31H. The molecule has 0 atom stereocenters. The van der Waals surface area contributed by atoms with Crippen LogP contribution in [0.25, 0.3) is 111 Å². The summed E-state index contributed by atoms with van der Waals surface area (Å²) in [6.45, 7) is 0. The Hall–Kier alpha value is -7.83. The minimum absolute atomic E-state index is 0.607. The molecule has 12 aromatic rings. The summed E-state index contributed by atoms with van der Waals surface area (Å²) < 4.78 is 11.2. The molecule has 0 aliphatic rings. The Kier molecular flexibility index (Phi) is 6.83. The second-order valence-electron chi connectivity index (χ2n) is 14.5. The maximum absolute atomic E-state index is 6.49. The molecule has 0 amide bonds. The summed E-state index contributed by atoms with van der Waals surface area (Å²) in [6, 6.07) is 65.6. The Morgan fingerprint density at radius 3 is 1.49 bits per heavy atom. The zero-order chi connectivity index (χ0) is 37.5. The monoisotopic (exact) mass is 729 g/mol. The van der Waals surface area contributed by atoms with Crippen LogP contribution in [0, 0.1) is 0 Å². The van der Waals surface area contributed by atoms with Crippen LogP contribution in [0.1, 0.15) is 0 Å². The fourth-order valence-electron chi connectivity index (χ4n) is 8.56. The lowest BCUT2D eigenvalue weighted by molar-refractivity contribution is 0.669. The lowest BCUT2D eigenvalue weighted by Gasteiger charge is -2.13. The van der Waals surface area contributed by atoms with Crippen molar-refractivity contribution < 1.29 is 4.42 Å². The van der Waals surface area contributed by atoms with Crippen LogP contribution in [0.4, 0.5) is 0 Å². The maximum Gasteiger partial charge on any atom is 0.164 e. The largest absolute Gasteiger partial charge is 0.456 e. The molecule has 6 nitrogen and oxygen atoms in total. The molecular weight excluding hydrogens is 699 g/mol. The number of benzene rings is 8. The number of furan rings is 1. The molecule has 0 radical (unpaired) electrons. The summed E-state index contributed by atoms with van der Waals surface area (Å²) in [5.41, 5.74) is 11.1. The molecule has 57 heavy (non-hydrogen) atoms. The Balaban J connectivity index is 1.12. The molecule has 8 aromatic carbocycles. The van der Waals surface area contributed by atoms with Crippen LogP contribution in [0.2, 0.25) is 0 Å². The summed E-state index contributed by atoms with van der Waals surface area (Å²) in [7, 11) is 0. The fraction of sp³-hybridized carbons (Fsp3) is 0. The second kappa shape index (κ2) is 12.3. The first-order valence-electron chi connectivity index (χ1n) is 19.1. The molecule has 266 valence electrons. The van der Waals surface area contributed by atoms with E-state index in [0.717, 1.165) is 71.8 Å². The van der Waals surface area contributed by atoms with E-state index in [2.05, 4.69) is 124 Å². The zero-order valence-corrected chi connectivity index (χ0v) is 30.5. The highest BCUT2D eigenvalue weighted by atomic mass is 16.3. The van der Waals surface area contributed by atoms with Gasteiger partial charge in [-0.2, -0.15) is 0 Å². The van der Waals surface area contributed by atoms with Crippen molar-refractivity contribution in [3.05, 3.63) is 188 Å². The van der Waals surface area contributed by atoms with Gasteiger partial charge in [-0.1, -0.05) is 133 Å². The Bertz CT molecular complexity index is 3410. The van der Waals surface area contributed by atoms with E-state index in [1.54, 1.807) is 0 Å². The Morgan fingerprint density at radius 2 is 0.807 bits per heavy atom. The highest BCUT2D eigenvalue weighted by Crippen LogP contribution is 2.41. The van der Waals surface area contributed by atoms with E-state index < -0.39 is 0 Å². The smallest absolute Gasteiger partial charge is 0.164 e. The Morgan fingerprint density at radius 1 is 0.298 bits per heavy atom. The highest BCUT2D eigenvalue weighted by Gasteiger charge is 2.20. The predicted molar refractivity (Wildman–Crippen MR) is 232 cm³/mol. The van der Waals surface area contributed by atoms with Crippen molar-refractivity contribution in [2.24, 2.45) is 0 Å². The van der Waals surface area contributed by atoms with Crippen molar-refractivity contribution in [1.29, 1.82) is 0 Å². The summed E-state index contributed by atoms with van der Waals surface area (Å²) >= 11 is 0. The molecule has 0 N–H and O–H groups in total. The molecule has 0 spiro atoms. The maximum atomic E-state index is 6.49. The number of nitrogens with zero attached hydrogens (tertiary/aromatic N) is 5. The summed E-state index contributed by atoms with van der Waals surface area (Å²) in [5.74, 6) is 1.87. The minimum Gasteiger partial charge on any atom is -0.456 e. The van der Waals surface area contributed by atoms with Crippen LogP contribution in [0.5, 0.6) is 0 Å². The normalized spacial score (nSPS) is 11.9. The third kappa shape index (κ3) is 4.94. The van der Waals surface area contributed by atoms with Crippen molar-refractivity contribution in [3.63, 3.8) is 0 Å². The van der Waals surface area contributed by atoms with E-state index in [1.165, 1.54) is 21.8 Å². The van der Waals surface area contributed by atoms with E-state index in [0.29, 0.717) is 17.5 Å². The van der Waals surface area contributed by atoms with Gasteiger partial charge in [0, 0.05) is 66.4 Å². The van der Waals surface area contributed by atoms with Gasteiger partial charge in [0.2, 0.25) is 0 Å². The quantitative estimate of drug-likeness (QED) is 0.177. The van der Waals surface area contributed by atoms with Gasteiger partial charge in [0.25, 0.3) is 0 Å². The number of para-hydroxylation sites is 3. The first-order chi connectivity index (χ1) is 28.2. The van der Waals surface area contributed by atoms with E-state index >= 15 is 0 Å². The summed E-state index contributed by atoms with van der Waals surface area (Å²) in [6.07, 6.45) is 0. The van der Waals surface area contributed by atoms with Gasteiger partial charge in [-0.15, -0.1) is 0 Å². The lowest BCUT2D eigenvalue weighted by Crippen LogP contribution is -2.01. The van der Waals surface area contributed by atoms with Crippen molar-refractivity contribution in [3.8, 4) is 45.5 Å². The van der Waals surface area contributed by atoms with Crippen molar-refractivity contribution >= 4 is 65.6 Å². The van der Waals surface area contributed by atoms with Crippen LogP contribution < -0.4 is 0 Å². The average molecular weight is 730 g/mol. The first kappa shape index (κ1) is 31.5. The molecule has 0 bridgehead atoms. The fourth-order valence-corrected chi connectivity index (χ4v) is 8.56. The van der Waals surface area contributed by atoms with Crippen LogP contribution in [0.15, 0.2) is 192 Å². The molecule has 0 aliphatic carbocycles. The number of aromatic nitrogens is 5. The zero-order valence-electron chi connectivity index (χ0n) is 30.5. The predicted octanol–water partition coefficient (Wildman–Crippen LogP) is 13.0. The van der Waals surface area contributed by atoms with Gasteiger partial charge >= 0.3 is 0 Å². The van der Waals surface area contributed by atoms with Gasteiger partial charge in [0.05, 0.1) is 22.1 Å². The Labute approximate surface area is 326 Å². The number of hydrogen-bond acceptors (Lipinski definition) is 4. The van der Waals surface area contributed by atoms with Gasteiger partial charge in [-0.05, 0) is 48.5 Å². The molecule has 6 heteroatoms. The SMILES string of the molecule is c1ccc(-c2nc(-c3ccccc3)nc(-c3cccc(-n4c5cc(-n6c7ccccc7c7ccccc76)ccc5c5cc6c(cc54)oc4ccccc46)c3)n2)cc1. The number of rotatable bonds is 5. The second-order valence-corrected chi connectivity index (χ2v) is 14.5. The molecule has 0 saturated carbocycles. The van der Waals surface area contributed by atoms with Crippen molar-refractivity contribution in [2.75, 3.05) is 0 Å². The third-order valence-electron chi connectivity index (χ3n) is 11.1. The molecule has 0 saturated heterocycles. The molecular formula is C51H31N5O. The van der Waals surface area contributed by atoms with E-state index in [9.17, 15) is 0 Å². The molecule has 0 unspecified atom stereocenters. The van der Waals surface area contributed by atoms with Gasteiger partial charge in [-0.3, -0.25) is 0 Å². The van der Waals surface area contributed by atoms with Crippen LogP contribution in [-0.4, -0.2) is 24.1 Å². The molecule has 4 aromatic heterocycles. The topological polar surface area (TPSA) is 61.7 Å². The third-order valence-corrected chi connectivity index (χ3v) is 11.1. The minimum atomic E-state index is 0.607. The number of hydrogen-bond donors (Lipinski definition) is 0. The average Bonchev–Trinajstić information content (AvgIpc) is 3.93. The van der Waals surface area contributed by atoms with Crippen LogP contribution in [-0.2, 0) is 0 Å². The lowest BCUT2D eigenvalue weighted by atomic mass is 10.1. The molecule has 0 aliphatic heterocycles. The highest BCUT2D eigenvalue weighted by molar-refractivity contribution is 6.18. The van der Waals surface area contributed by atoms with Gasteiger partial charge in [0.1, 0.15) is 11.2 Å². The number of fused-ring (bicyclic) bond motifs is 9. The summed E-state index contributed by atoms with van der Waals surface area (Å²) in [5, 5.41) is 6.99. The van der Waals surface area contributed by atoms with Gasteiger partial charge in [0.15, 0.2) is 17.5 Å². The van der Waals surface area contributed by atoms with E-state index in [4.69, 9.17) is 19.4 Å². The first-order valence-corrected chi connectivity index (χ1v) is 19.1. The van der Waals surface area contributed by atoms with Crippen molar-refractivity contribution in [2.45, 2.75) is 0 Å². The van der Waals surface area contributed by atoms with E-state index in [-0.39, 0.29) is 0 Å². The molecule has 12 rings (SSSR count). The van der Waals surface area contributed by atoms with E-state index in [1.807, 2.05) is 72.8 Å².